The highest BCUT2D eigenvalue weighted by Gasteiger charge is 2.35. The number of hydrogen-bond acceptors (Lipinski definition) is 5. The Balaban J connectivity index is 1.30. The van der Waals surface area contributed by atoms with Gasteiger partial charge in [-0.1, -0.05) is 35.3 Å². The molecule has 1 saturated carbocycles. The molecule has 5 rings (SSSR count). The topological polar surface area (TPSA) is 96.0 Å². The van der Waals surface area contributed by atoms with E-state index in [1.807, 2.05) is 0 Å². The number of benzene rings is 3. The fourth-order valence-corrected chi connectivity index (χ4v) is 5.64. The third kappa shape index (κ3) is 5.90. The zero-order valence-corrected chi connectivity index (χ0v) is 22.6. The van der Waals surface area contributed by atoms with Gasteiger partial charge in [0.1, 0.15) is 11.5 Å². The summed E-state index contributed by atoms with van der Waals surface area (Å²) in [6.07, 6.45) is 1.86. The molecule has 0 aromatic heterocycles. The van der Waals surface area contributed by atoms with Gasteiger partial charge in [0, 0.05) is 37.1 Å². The number of carbonyl (C=O) groups excluding carboxylic acids is 2. The van der Waals surface area contributed by atoms with E-state index in [-0.39, 0.29) is 33.9 Å². The zero-order chi connectivity index (χ0) is 26.9. The van der Waals surface area contributed by atoms with E-state index < -0.39 is 10.0 Å². The molecule has 3 aromatic rings. The van der Waals surface area contributed by atoms with E-state index in [0.717, 1.165) is 12.8 Å². The van der Waals surface area contributed by atoms with E-state index in [1.54, 1.807) is 34.1 Å². The maximum absolute atomic E-state index is 13.4. The number of para-hydroxylation sites is 1. The molecule has 38 heavy (non-hydrogen) atoms. The van der Waals surface area contributed by atoms with Crippen molar-refractivity contribution in [3.05, 3.63) is 82.3 Å². The van der Waals surface area contributed by atoms with Crippen molar-refractivity contribution in [2.45, 2.75) is 17.7 Å². The van der Waals surface area contributed by atoms with Crippen LogP contribution >= 0.6 is 23.2 Å². The Labute approximate surface area is 231 Å². The first-order valence-corrected chi connectivity index (χ1v) is 14.4. The molecule has 0 bridgehead atoms. The zero-order valence-electron chi connectivity index (χ0n) is 20.3. The molecule has 11 heteroatoms. The first-order valence-electron chi connectivity index (χ1n) is 12.1. The number of nitrogens with one attached hydrogen (secondary N) is 1. The van der Waals surface area contributed by atoms with E-state index in [1.165, 1.54) is 42.5 Å². The van der Waals surface area contributed by atoms with Gasteiger partial charge in [0.05, 0.1) is 21.2 Å². The van der Waals surface area contributed by atoms with Gasteiger partial charge in [-0.3, -0.25) is 14.3 Å². The highest BCUT2D eigenvalue weighted by molar-refractivity contribution is 7.92. The lowest BCUT2D eigenvalue weighted by Crippen LogP contribution is -2.51. The average Bonchev–Trinajstić information content (AvgIpc) is 3.76. The molecule has 2 fully saturated rings. The summed E-state index contributed by atoms with van der Waals surface area (Å²) < 4.78 is 34.6. The van der Waals surface area contributed by atoms with Crippen LogP contribution in [0.5, 0.6) is 11.5 Å². The normalized spacial score (nSPS) is 15.7. The van der Waals surface area contributed by atoms with Crippen molar-refractivity contribution < 1.29 is 22.7 Å². The summed E-state index contributed by atoms with van der Waals surface area (Å²) in [6, 6.07) is 17.2. The van der Waals surface area contributed by atoms with Crippen LogP contribution in [0.1, 0.15) is 23.2 Å². The number of nitrogens with zero attached hydrogens (tertiary/aromatic N) is 2. The summed E-state index contributed by atoms with van der Waals surface area (Å²) in [5.74, 6) is 0.787. The minimum atomic E-state index is -4.03. The first-order chi connectivity index (χ1) is 18.2. The Bertz CT molecular complexity index is 1470. The number of ether oxygens (including phenoxy) is 1. The number of sulfonamides is 1. The van der Waals surface area contributed by atoms with Crippen LogP contribution in [0.3, 0.4) is 0 Å². The highest BCUT2D eigenvalue weighted by Crippen LogP contribution is 2.32. The van der Waals surface area contributed by atoms with Crippen molar-refractivity contribution in [3.63, 3.8) is 0 Å². The Hall–Kier alpha value is -3.27. The molecule has 0 spiro atoms. The van der Waals surface area contributed by atoms with Gasteiger partial charge < -0.3 is 14.5 Å². The molecule has 3 aromatic carbocycles. The molecule has 8 nitrogen and oxygen atoms in total. The van der Waals surface area contributed by atoms with Crippen molar-refractivity contribution >= 4 is 50.7 Å². The van der Waals surface area contributed by atoms with Gasteiger partial charge in [-0.15, -0.1) is 0 Å². The SMILES string of the molecule is O=C(c1cc(Cl)ccc1NS(=O)(=O)c1ccc(Oc2ccccc2Cl)cc1)N1CCN(C(=O)C2CC2)CC1. The maximum atomic E-state index is 13.4. The van der Waals surface area contributed by atoms with Crippen molar-refractivity contribution in [1.82, 2.24) is 9.80 Å². The summed E-state index contributed by atoms with van der Waals surface area (Å²) >= 11 is 12.3. The maximum Gasteiger partial charge on any atom is 0.261 e. The number of rotatable bonds is 7. The molecule has 1 N–H and O–H groups in total. The Morgan fingerprint density at radius 2 is 1.53 bits per heavy atom. The molecular weight excluding hydrogens is 549 g/mol. The number of amides is 2. The van der Waals surface area contributed by atoms with Crippen molar-refractivity contribution in [2.24, 2.45) is 5.92 Å². The standard InChI is InChI=1S/C27H25Cl2N3O5S/c28-19-7-12-24(22(17-19)27(34)32-15-13-31(14-16-32)26(33)18-5-6-18)30-38(35,36)21-10-8-20(9-11-21)37-25-4-2-1-3-23(25)29/h1-4,7-12,17-18,30H,5-6,13-16H2. The van der Waals surface area contributed by atoms with E-state index in [4.69, 9.17) is 27.9 Å². The van der Waals surface area contributed by atoms with Gasteiger partial charge in [0.25, 0.3) is 15.9 Å². The number of halogens is 2. The molecule has 1 aliphatic carbocycles. The Morgan fingerprint density at radius 1 is 0.868 bits per heavy atom. The smallest absolute Gasteiger partial charge is 0.261 e. The molecule has 198 valence electrons. The summed E-state index contributed by atoms with van der Waals surface area (Å²) in [5.41, 5.74) is 0.258. The third-order valence-electron chi connectivity index (χ3n) is 6.46. The van der Waals surface area contributed by atoms with Crippen LogP contribution < -0.4 is 9.46 Å². The number of hydrogen-bond donors (Lipinski definition) is 1. The summed E-state index contributed by atoms with van der Waals surface area (Å²) in [4.78, 5) is 29.1. The first kappa shape index (κ1) is 26.3. The summed E-state index contributed by atoms with van der Waals surface area (Å²) in [7, 11) is -4.03. The Morgan fingerprint density at radius 3 is 2.18 bits per heavy atom. The van der Waals surface area contributed by atoms with Gasteiger partial charge in [-0.05, 0) is 67.4 Å². The molecule has 0 atom stereocenters. The van der Waals surface area contributed by atoms with Crippen LogP contribution in [0.25, 0.3) is 0 Å². The predicted octanol–water partition coefficient (Wildman–Crippen LogP) is 5.28. The van der Waals surface area contributed by atoms with Gasteiger partial charge in [0.15, 0.2) is 0 Å². The summed E-state index contributed by atoms with van der Waals surface area (Å²) in [6.45, 7) is 1.63. The van der Waals surface area contributed by atoms with Crippen molar-refractivity contribution in [1.29, 1.82) is 0 Å². The van der Waals surface area contributed by atoms with Gasteiger partial charge in [-0.25, -0.2) is 8.42 Å². The fourth-order valence-electron chi connectivity index (χ4n) is 4.22. The molecule has 1 aliphatic heterocycles. The summed E-state index contributed by atoms with van der Waals surface area (Å²) in [5, 5.41) is 0.738. The third-order valence-corrected chi connectivity index (χ3v) is 8.39. The van der Waals surface area contributed by atoms with Gasteiger partial charge in [0.2, 0.25) is 5.91 Å². The van der Waals surface area contributed by atoms with Crippen LogP contribution in [-0.2, 0) is 14.8 Å². The van der Waals surface area contributed by atoms with E-state index in [2.05, 4.69) is 4.72 Å². The predicted molar refractivity (Wildman–Crippen MR) is 145 cm³/mol. The lowest BCUT2D eigenvalue weighted by molar-refractivity contribution is -0.134. The van der Waals surface area contributed by atoms with Gasteiger partial charge >= 0.3 is 0 Å². The molecule has 1 heterocycles. The lowest BCUT2D eigenvalue weighted by Gasteiger charge is -2.35. The van der Waals surface area contributed by atoms with Crippen molar-refractivity contribution in [2.75, 3.05) is 30.9 Å². The second-order valence-corrected chi connectivity index (χ2v) is 11.7. The van der Waals surface area contributed by atoms with Gasteiger partial charge in [-0.2, -0.15) is 0 Å². The molecule has 2 aliphatic rings. The largest absolute Gasteiger partial charge is 0.456 e. The second-order valence-electron chi connectivity index (χ2n) is 9.19. The van der Waals surface area contributed by atoms with Crippen molar-refractivity contribution in [3.8, 4) is 11.5 Å². The Kier molecular flexibility index (Phi) is 7.52. The van der Waals surface area contributed by atoms with E-state index in [0.29, 0.717) is 47.7 Å². The van der Waals surface area contributed by atoms with Crippen LogP contribution in [-0.4, -0.2) is 56.2 Å². The average molecular weight is 574 g/mol. The van der Waals surface area contributed by atoms with E-state index >= 15 is 0 Å². The molecule has 2 amide bonds. The lowest BCUT2D eigenvalue weighted by atomic mass is 10.1. The number of anilines is 1. The molecular formula is C27H25Cl2N3O5S. The minimum Gasteiger partial charge on any atom is -0.456 e. The quantitative estimate of drug-likeness (QED) is 0.414. The number of piperazine rings is 1. The monoisotopic (exact) mass is 573 g/mol. The fraction of sp³-hybridized carbons (Fsp3) is 0.259. The van der Waals surface area contributed by atoms with Crippen LogP contribution in [0, 0.1) is 5.92 Å². The number of carbonyl (C=O) groups is 2. The van der Waals surface area contributed by atoms with Crippen LogP contribution in [0.4, 0.5) is 5.69 Å². The van der Waals surface area contributed by atoms with E-state index in [9.17, 15) is 18.0 Å². The molecule has 1 saturated heterocycles. The van der Waals surface area contributed by atoms with Crippen LogP contribution in [0.2, 0.25) is 10.0 Å². The molecule has 0 radical (unpaired) electrons. The minimum absolute atomic E-state index is 0.00967. The second kappa shape index (κ2) is 10.8. The highest BCUT2D eigenvalue weighted by atomic mass is 35.5. The van der Waals surface area contributed by atoms with Crippen LogP contribution in [0.15, 0.2) is 71.6 Å². The molecule has 0 unspecified atom stereocenters.